The van der Waals surface area contributed by atoms with Gasteiger partial charge in [-0.2, -0.15) is 0 Å². The average molecular weight is 502 g/mol. The van der Waals surface area contributed by atoms with E-state index in [1.807, 2.05) is 53.9 Å². The molecular formula is C28H31N5O2S. The van der Waals surface area contributed by atoms with Crippen LogP contribution in [-0.2, 0) is 18.4 Å². The first kappa shape index (κ1) is 24.1. The minimum absolute atomic E-state index is 0.138. The minimum atomic E-state index is -0.138. The van der Waals surface area contributed by atoms with E-state index in [-0.39, 0.29) is 11.5 Å². The van der Waals surface area contributed by atoms with Crippen LogP contribution in [0.3, 0.4) is 0 Å². The third kappa shape index (κ3) is 4.60. The van der Waals surface area contributed by atoms with E-state index < -0.39 is 0 Å². The summed E-state index contributed by atoms with van der Waals surface area (Å²) in [5.41, 5.74) is 5.32. The van der Waals surface area contributed by atoms with Crippen molar-refractivity contribution in [1.82, 2.24) is 18.8 Å². The molecule has 0 spiro atoms. The lowest BCUT2D eigenvalue weighted by molar-refractivity contribution is -0.127. The summed E-state index contributed by atoms with van der Waals surface area (Å²) in [6.45, 7) is 6.30. The summed E-state index contributed by atoms with van der Waals surface area (Å²) in [4.78, 5) is 33.2. The zero-order valence-corrected chi connectivity index (χ0v) is 21.8. The Bertz CT molecular complexity index is 1510. The lowest BCUT2D eigenvalue weighted by atomic mass is 10.1. The van der Waals surface area contributed by atoms with E-state index in [1.54, 1.807) is 4.68 Å². The summed E-state index contributed by atoms with van der Waals surface area (Å²) < 4.78 is 5.70. The molecule has 1 aliphatic rings. The highest BCUT2D eigenvalue weighted by Gasteiger charge is 2.20. The summed E-state index contributed by atoms with van der Waals surface area (Å²) in [6, 6.07) is 18.1. The van der Waals surface area contributed by atoms with Crippen LogP contribution in [0.25, 0.3) is 16.9 Å². The monoisotopic (exact) mass is 501 g/mol. The van der Waals surface area contributed by atoms with Gasteiger partial charge in [0, 0.05) is 38.5 Å². The lowest BCUT2D eigenvalue weighted by Gasteiger charge is -2.16. The number of benzene rings is 2. The molecule has 0 saturated carbocycles. The first-order chi connectivity index (χ1) is 17.4. The SMILES string of the molecule is Cc1ccc(-c2csc(=Nc3c(C)n(C)n(-c4ccccc4)c3=O)n2CCCN2CCCC2=O)cc1. The van der Waals surface area contributed by atoms with Crippen LogP contribution in [0, 0.1) is 13.8 Å². The van der Waals surface area contributed by atoms with Gasteiger partial charge >= 0.3 is 0 Å². The maximum atomic E-state index is 13.5. The van der Waals surface area contributed by atoms with E-state index in [4.69, 9.17) is 4.99 Å². The minimum Gasteiger partial charge on any atom is -0.343 e. The molecule has 0 N–H and O–H groups in total. The molecule has 7 nitrogen and oxygen atoms in total. The average Bonchev–Trinajstić information content (AvgIpc) is 3.54. The van der Waals surface area contributed by atoms with Gasteiger partial charge in [0.1, 0.15) is 0 Å². The molecule has 2 aromatic heterocycles. The number of carbonyl (C=O) groups excluding carboxylic acids is 1. The maximum absolute atomic E-state index is 13.5. The van der Waals surface area contributed by atoms with Crippen LogP contribution < -0.4 is 10.4 Å². The van der Waals surface area contributed by atoms with Crippen LogP contribution >= 0.6 is 11.3 Å². The highest BCUT2D eigenvalue weighted by Crippen LogP contribution is 2.23. The molecule has 4 aromatic rings. The number of para-hydroxylation sites is 1. The van der Waals surface area contributed by atoms with Crippen LogP contribution in [0.2, 0.25) is 0 Å². The van der Waals surface area contributed by atoms with Gasteiger partial charge in [-0.15, -0.1) is 11.3 Å². The Hall–Kier alpha value is -3.65. The molecule has 5 rings (SSSR count). The van der Waals surface area contributed by atoms with Crippen LogP contribution in [0.4, 0.5) is 5.69 Å². The molecule has 1 fully saturated rings. The molecular weight excluding hydrogens is 470 g/mol. The van der Waals surface area contributed by atoms with E-state index in [9.17, 15) is 9.59 Å². The van der Waals surface area contributed by atoms with Crippen molar-refractivity contribution >= 4 is 22.9 Å². The Morgan fingerprint density at radius 1 is 0.972 bits per heavy atom. The van der Waals surface area contributed by atoms with Gasteiger partial charge in [0.2, 0.25) is 5.91 Å². The number of hydrogen-bond acceptors (Lipinski definition) is 4. The molecule has 2 aromatic carbocycles. The van der Waals surface area contributed by atoms with Crippen molar-refractivity contribution in [3.8, 4) is 16.9 Å². The summed E-state index contributed by atoms with van der Waals surface area (Å²) in [7, 11) is 1.88. The van der Waals surface area contributed by atoms with Crippen molar-refractivity contribution < 1.29 is 4.79 Å². The van der Waals surface area contributed by atoms with Crippen molar-refractivity contribution in [2.45, 2.75) is 39.7 Å². The van der Waals surface area contributed by atoms with E-state index >= 15 is 0 Å². The number of aryl methyl sites for hydroxylation is 1. The Labute approximate surface area is 214 Å². The molecule has 0 bridgehead atoms. The molecule has 0 radical (unpaired) electrons. The third-order valence-corrected chi connectivity index (χ3v) is 7.72. The second-order valence-electron chi connectivity index (χ2n) is 9.28. The van der Waals surface area contributed by atoms with Gasteiger partial charge in [0.15, 0.2) is 10.5 Å². The van der Waals surface area contributed by atoms with Crippen molar-refractivity contribution in [3.63, 3.8) is 0 Å². The fourth-order valence-corrected chi connectivity index (χ4v) is 5.67. The van der Waals surface area contributed by atoms with Crippen LogP contribution in [-0.4, -0.2) is 37.8 Å². The van der Waals surface area contributed by atoms with Crippen LogP contribution in [0.15, 0.2) is 69.8 Å². The van der Waals surface area contributed by atoms with Crippen molar-refractivity contribution in [1.29, 1.82) is 0 Å². The predicted molar refractivity (Wildman–Crippen MR) is 144 cm³/mol. The summed E-state index contributed by atoms with van der Waals surface area (Å²) >= 11 is 1.54. The quantitative estimate of drug-likeness (QED) is 0.372. The number of thiazole rings is 1. The Morgan fingerprint density at radius 3 is 2.42 bits per heavy atom. The van der Waals surface area contributed by atoms with E-state index in [2.05, 4.69) is 41.1 Å². The third-order valence-electron chi connectivity index (χ3n) is 6.86. The van der Waals surface area contributed by atoms with E-state index in [1.165, 1.54) is 16.9 Å². The lowest BCUT2D eigenvalue weighted by Crippen LogP contribution is -2.27. The van der Waals surface area contributed by atoms with Gasteiger partial charge in [0.25, 0.3) is 5.56 Å². The Morgan fingerprint density at radius 2 is 1.72 bits per heavy atom. The van der Waals surface area contributed by atoms with Gasteiger partial charge in [-0.05, 0) is 44.4 Å². The van der Waals surface area contributed by atoms with Crippen molar-refractivity contribution in [2.75, 3.05) is 13.1 Å². The first-order valence-electron chi connectivity index (χ1n) is 12.4. The van der Waals surface area contributed by atoms with Crippen molar-refractivity contribution in [3.05, 3.63) is 86.4 Å². The molecule has 36 heavy (non-hydrogen) atoms. The largest absolute Gasteiger partial charge is 0.343 e. The molecule has 0 unspecified atom stereocenters. The Kier molecular flexibility index (Phi) is 6.78. The second-order valence-corrected chi connectivity index (χ2v) is 10.1. The van der Waals surface area contributed by atoms with Crippen LogP contribution in [0.5, 0.6) is 0 Å². The smallest absolute Gasteiger partial charge is 0.297 e. The highest BCUT2D eigenvalue weighted by atomic mass is 32.1. The molecule has 1 aliphatic heterocycles. The number of nitrogens with zero attached hydrogens (tertiary/aromatic N) is 5. The molecule has 8 heteroatoms. The van der Waals surface area contributed by atoms with E-state index in [0.717, 1.165) is 53.4 Å². The van der Waals surface area contributed by atoms with Gasteiger partial charge in [0.05, 0.1) is 17.1 Å². The molecule has 186 valence electrons. The fourth-order valence-electron chi connectivity index (χ4n) is 4.73. The number of hydrogen-bond donors (Lipinski definition) is 0. The molecule has 3 heterocycles. The maximum Gasteiger partial charge on any atom is 0.297 e. The number of rotatable bonds is 7. The van der Waals surface area contributed by atoms with Crippen LogP contribution in [0.1, 0.15) is 30.5 Å². The predicted octanol–water partition coefficient (Wildman–Crippen LogP) is 4.57. The number of carbonyl (C=O) groups is 1. The molecule has 1 amide bonds. The topological polar surface area (TPSA) is 64.5 Å². The summed E-state index contributed by atoms with van der Waals surface area (Å²) in [5.74, 6) is 0.246. The van der Waals surface area contributed by atoms with Gasteiger partial charge in [-0.3, -0.25) is 14.3 Å². The van der Waals surface area contributed by atoms with E-state index in [0.29, 0.717) is 18.7 Å². The zero-order valence-electron chi connectivity index (χ0n) is 21.0. The number of likely N-dealkylation sites (tertiary alicyclic amines) is 1. The molecule has 0 aliphatic carbocycles. The first-order valence-corrected chi connectivity index (χ1v) is 13.2. The number of aromatic nitrogens is 3. The molecule has 0 atom stereocenters. The van der Waals surface area contributed by atoms with Gasteiger partial charge < -0.3 is 9.47 Å². The summed E-state index contributed by atoms with van der Waals surface area (Å²) in [6.07, 6.45) is 2.43. The fraction of sp³-hybridized carbons (Fsp3) is 0.321. The summed E-state index contributed by atoms with van der Waals surface area (Å²) in [5, 5.41) is 2.11. The van der Waals surface area contributed by atoms with Gasteiger partial charge in [-0.25, -0.2) is 9.67 Å². The second kappa shape index (κ2) is 10.1. The van der Waals surface area contributed by atoms with Crippen molar-refractivity contribution in [2.24, 2.45) is 12.0 Å². The molecule has 1 saturated heterocycles. The standard InChI is InChI=1S/C28H31N5O2S/c1-20-12-14-22(15-13-20)24-19-36-28(32(24)18-8-17-31-16-7-11-25(31)34)29-26-21(2)30(3)33(27(26)35)23-9-5-4-6-10-23/h4-6,9-10,12-15,19H,7-8,11,16-18H2,1-3H3. The van der Waals surface area contributed by atoms with Gasteiger partial charge in [-0.1, -0.05) is 48.0 Å². The highest BCUT2D eigenvalue weighted by molar-refractivity contribution is 7.07. The number of amides is 1. The Balaban J connectivity index is 1.56. The zero-order chi connectivity index (χ0) is 25.2. The normalized spacial score (nSPS) is 14.2.